The molecule has 4 N–H and O–H groups in total. The van der Waals surface area contributed by atoms with Crippen LogP contribution in [0.25, 0.3) is 0 Å². The van der Waals surface area contributed by atoms with E-state index in [0.717, 1.165) is 19.3 Å². The second-order valence-electron chi connectivity index (χ2n) is 5.60. The SMILES string of the molecule is CC(N)CCCC(C)C(=O)Nc1ccc(F)cc1CNC=O. The summed E-state index contributed by atoms with van der Waals surface area (Å²) in [7, 11) is 0. The average molecular weight is 309 g/mol. The van der Waals surface area contributed by atoms with Gasteiger partial charge in [-0.3, -0.25) is 9.59 Å². The van der Waals surface area contributed by atoms with Crippen LogP contribution in [-0.2, 0) is 16.1 Å². The number of nitrogens with one attached hydrogen (secondary N) is 2. The second-order valence-corrected chi connectivity index (χ2v) is 5.60. The molecule has 5 nitrogen and oxygen atoms in total. The van der Waals surface area contributed by atoms with Crippen molar-refractivity contribution in [3.63, 3.8) is 0 Å². The van der Waals surface area contributed by atoms with Gasteiger partial charge in [0.2, 0.25) is 12.3 Å². The fourth-order valence-electron chi connectivity index (χ4n) is 2.12. The zero-order valence-corrected chi connectivity index (χ0v) is 13.1. The zero-order valence-electron chi connectivity index (χ0n) is 13.1. The summed E-state index contributed by atoms with van der Waals surface area (Å²) in [6.45, 7) is 3.95. The molecule has 0 bridgehead atoms. The molecular formula is C16H24FN3O2. The van der Waals surface area contributed by atoms with Crippen molar-refractivity contribution in [3.8, 4) is 0 Å². The minimum absolute atomic E-state index is 0.122. The number of carbonyl (C=O) groups excluding carboxylic acids is 2. The standard InChI is InChI=1S/C16H24FN3O2/c1-11(4-3-5-12(2)18)16(22)20-15-7-6-14(17)8-13(15)9-19-10-21/h6-8,10-12H,3-5,9,18H2,1-2H3,(H,19,21)(H,20,22). The highest BCUT2D eigenvalue weighted by atomic mass is 19.1. The van der Waals surface area contributed by atoms with Gasteiger partial charge < -0.3 is 16.4 Å². The lowest BCUT2D eigenvalue weighted by Gasteiger charge is -2.15. The highest BCUT2D eigenvalue weighted by molar-refractivity contribution is 5.93. The molecule has 0 radical (unpaired) electrons. The summed E-state index contributed by atoms with van der Waals surface area (Å²) < 4.78 is 13.3. The Balaban J connectivity index is 2.64. The van der Waals surface area contributed by atoms with E-state index in [0.29, 0.717) is 17.7 Å². The fourth-order valence-corrected chi connectivity index (χ4v) is 2.12. The van der Waals surface area contributed by atoms with Crippen LogP contribution < -0.4 is 16.4 Å². The molecule has 0 fully saturated rings. The van der Waals surface area contributed by atoms with Gasteiger partial charge in [-0.2, -0.15) is 0 Å². The van der Waals surface area contributed by atoms with Crippen molar-refractivity contribution >= 4 is 18.0 Å². The average Bonchev–Trinajstić information content (AvgIpc) is 2.46. The van der Waals surface area contributed by atoms with Gasteiger partial charge in [0.15, 0.2) is 0 Å². The highest BCUT2D eigenvalue weighted by Crippen LogP contribution is 2.19. The minimum atomic E-state index is -0.411. The van der Waals surface area contributed by atoms with Crippen LogP contribution in [-0.4, -0.2) is 18.4 Å². The van der Waals surface area contributed by atoms with E-state index >= 15 is 0 Å². The van der Waals surface area contributed by atoms with E-state index in [1.54, 1.807) is 0 Å². The normalized spacial score (nSPS) is 13.3. The van der Waals surface area contributed by atoms with Crippen molar-refractivity contribution in [1.82, 2.24) is 5.32 Å². The predicted octanol–water partition coefficient (Wildman–Crippen LogP) is 2.16. The van der Waals surface area contributed by atoms with Crippen molar-refractivity contribution in [1.29, 1.82) is 0 Å². The summed E-state index contributed by atoms with van der Waals surface area (Å²) in [6, 6.07) is 4.21. The smallest absolute Gasteiger partial charge is 0.227 e. The van der Waals surface area contributed by atoms with Crippen LogP contribution in [0.15, 0.2) is 18.2 Å². The molecule has 2 unspecified atom stereocenters. The quantitative estimate of drug-likeness (QED) is 0.611. The number of nitrogens with two attached hydrogens (primary N) is 1. The van der Waals surface area contributed by atoms with Gasteiger partial charge in [0.1, 0.15) is 5.82 Å². The fraction of sp³-hybridized carbons (Fsp3) is 0.500. The van der Waals surface area contributed by atoms with Crippen molar-refractivity contribution in [3.05, 3.63) is 29.6 Å². The molecule has 0 aromatic heterocycles. The van der Waals surface area contributed by atoms with E-state index in [4.69, 9.17) is 5.73 Å². The molecule has 22 heavy (non-hydrogen) atoms. The summed E-state index contributed by atoms with van der Waals surface area (Å²) in [5.41, 5.74) is 6.73. The van der Waals surface area contributed by atoms with Crippen LogP contribution in [0.4, 0.5) is 10.1 Å². The number of benzene rings is 1. The lowest BCUT2D eigenvalue weighted by molar-refractivity contribution is -0.119. The van der Waals surface area contributed by atoms with Crippen LogP contribution in [0.1, 0.15) is 38.7 Å². The summed E-state index contributed by atoms with van der Waals surface area (Å²) in [6.07, 6.45) is 3.04. The molecule has 0 aliphatic heterocycles. The monoisotopic (exact) mass is 309 g/mol. The molecule has 1 rings (SSSR count). The molecule has 1 aromatic rings. The van der Waals surface area contributed by atoms with Gasteiger partial charge >= 0.3 is 0 Å². The zero-order chi connectivity index (χ0) is 16.5. The van der Waals surface area contributed by atoms with Crippen LogP contribution in [0, 0.1) is 11.7 Å². The Labute approximate surface area is 130 Å². The van der Waals surface area contributed by atoms with E-state index < -0.39 is 5.82 Å². The molecular weight excluding hydrogens is 285 g/mol. The first-order valence-electron chi connectivity index (χ1n) is 7.46. The third-order valence-electron chi connectivity index (χ3n) is 3.45. The summed E-state index contributed by atoms with van der Waals surface area (Å²) >= 11 is 0. The van der Waals surface area contributed by atoms with Gasteiger partial charge in [0, 0.05) is 24.2 Å². The number of anilines is 1. The number of amides is 2. The number of rotatable bonds is 9. The Hall–Kier alpha value is -1.95. The summed E-state index contributed by atoms with van der Waals surface area (Å²) in [4.78, 5) is 22.5. The third kappa shape index (κ3) is 6.22. The largest absolute Gasteiger partial charge is 0.355 e. The number of carbonyl (C=O) groups is 2. The van der Waals surface area contributed by atoms with Crippen molar-refractivity contribution < 1.29 is 14.0 Å². The molecule has 6 heteroatoms. The van der Waals surface area contributed by atoms with Crippen molar-refractivity contribution in [2.24, 2.45) is 11.7 Å². The predicted molar refractivity (Wildman–Crippen MR) is 84.6 cm³/mol. The van der Waals surface area contributed by atoms with E-state index in [1.165, 1.54) is 18.2 Å². The molecule has 0 aliphatic carbocycles. The van der Waals surface area contributed by atoms with Gasteiger partial charge in [-0.1, -0.05) is 13.3 Å². The lowest BCUT2D eigenvalue weighted by atomic mass is 10.0. The first-order chi connectivity index (χ1) is 10.4. The second kappa shape index (κ2) is 9.15. The maximum absolute atomic E-state index is 13.3. The topological polar surface area (TPSA) is 84.2 Å². The molecule has 0 heterocycles. The molecule has 2 amide bonds. The lowest BCUT2D eigenvalue weighted by Crippen LogP contribution is -2.23. The Kier molecular flexibility index (Phi) is 7.52. The molecule has 2 atom stereocenters. The van der Waals surface area contributed by atoms with Crippen LogP contribution in [0.3, 0.4) is 0 Å². The van der Waals surface area contributed by atoms with Crippen LogP contribution in [0.2, 0.25) is 0 Å². The first-order valence-corrected chi connectivity index (χ1v) is 7.46. The number of hydrogen-bond donors (Lipinski definition) is 3. The van der Waals surface area contributed by atoms with E-state index in [1.807, 2.05) is 13.8 Å². The molecule has 122 valence electrons. The Bertz CT molecular complexity index is 506. The van der Waals surface area contributed by atoms with Gasteiger partial charge in [-0.05, 0) is 43.5 Å². The van der Waals surface area contributed by atoms with E-state index in [9.17, 15) is 14.0 Å². The first kappa shape index (κ1) is 18.1. The maximum atomic E-state index is 13.3. The molecule has 0 aliphatic rings. The van der Waals surface area contributed by atoms with Gasteiger partial charge in [-0.25, -0.2) is 4.39 Å². The number of hydrogen-bond acceptors (Lipinski definition) is 3. The Morgan fingerprint density at radius 2 is 2.09 bits per heavy atom. The van der Waals surface area contributed by atoms with Gasteiger partial charge in [0.05, 0.1) is 0 Å². The molecule has 0 spiro atoms. The molecule has 0 saturated heterocycles. The van der Waals surface area contributed by atoms with E-state index in [-0.39, 0.29) is 24.4 Å². The Morgan fingerprint density at radius 1 is 1.36 bits per heavy atom. The molecule has 1 aromatic carbocycles. The van der Waals surface area contributed by atoms with E-state index in [2.05, 4.69) is 10.6 Å². The summed E-state index contributed by atoms with van der Waals surface area (Å²) in [5, 5.41) is 5.26. The minimum Gasteiger partial charge on any atom is -0.355 e. The van der Waals surface area contributed by atoms with Crippen LogP contribution >= 0.6 is 0 Å². The third-order valence-corrected chi connectivity index (χ3v) is 3.45. The van der Waals surface area contributed by atoms with Gasteiger partial charge in [-0.15, -0.1) is 0 Å². The summed E-state index contributed by atoms with van der Waals surface area (Å²) in [5.74, 6) is -0.690. The highest BCUT2D eigenvalue weighted by Gasteiger charge is 2.15. The van der Waals surface area contributed by atoms with Gasteiger partial charge in [0.25, 0.3) is 0 Å². The number of halogens is 1. The van der Waals surface area contributed by atoms with Crippen molar-refractivity contribution in [2.45, 2.75) is 45.7 Å². The Morgan fingerprint density at radius 3 is 2.73 bits per heavy atom. The molecule has 0 saturated carbocycles. The maximum Gasteiger partial charge on any atom is 0.227 e. The van der Waals surface area contributed by atoms with Crippen LogP contribution in [0.5, 0.6) is 0 Å². The van der Waals surface area contributed by atoms with Crippen molar-refractivity contribution in [2.75, 3.05) is 5.32 Å².